The number of carbonyl (C=O) groups is 2. The Morgan fingerprint density at radius 3 is 1.39 bits per heavy atom. The smallest absolute Gasteiger partial charge is 0.242 e. The molecule has 2 saturated heterocycles. The molecule has 6 rings (SSSR count). The Morgan fingerprint density at radius 2 is 0.982 bits per heavy atom. The maximum Gasteiger partial charge on any atom is 0.242 e. The Balaban J connectivity index is 0.000000305. The van der Waals surface area contributed by atoms with Crippen molar-refractivity contribution in [2.45, 2.75) is 182 Å². The van der Waals surface area contributed by atoms with Gasteiger partial charge in [0.2, 0.25) is 23.7 Å². The van der Waals surface area contributed by atoms with Crippen molar-refractivity contribution in [3.05, 3.63) is 23.3 Å². The highest BCUT2D eigenvalue weighted by Crippen LogP contribution is 2.32. The van der Waals surface area contributed by atoms with Gasteiger partial charge in [0.1, 0.15) is 23.3 Å². The molecule has 14 nitrogen and oxygen atoms in total. The van der Waals surface area contributed by atoms with Gasteiger partial charge in [-0.3, -0.25) is 19.8 Å². The highest BCUT2D eigenvalue weighted by atomic mass is 16.2. The molecule has 4 aliphatic rings. The van der Waals surface area contributed by atoms with Crippen LogP contribution in [0.2, 0.25) is 0 Å². The van der Waals surface area contributed by atoms with Crippen molar-refractivity contribution in [3.8, 4) is 0 Å². The molecule has 57 heavy (non-hydrogen) atoms. The van der Waals surface area contributed by atoms with Crippen LogP contribution in [0.25, 0.3) is 0 Å². The second kappa shape index (κ2) is 17.8. The fourth-order valence-corrected chi connectivity index (χ4v) is 9.76. The third-order valence-electron chi connectivity index (χ3n) is 12.7. The van der Waals surface area contributed by atoms with Crippen molar-refractivity contribution in [3.63, 3.8) is 0 Å². The molecule has 2 amide bonds. The molecule has 2 aromatic heterocycles. The first-order valence-corrected chi connectivity index (χ1v) is 21.6. The first-order valence-electron chi connectivity index (χ1n) is 21.6. The number of carbonyl (C=O) groups excluding carboxylic acids is 2. The van der Waals surface area contributed by atoms with E-state index in [4.69, 9.17) is 0 Å². The minimum absolute atomic E-state index is 0. The Bertz CT molecular complexity index is 1670. The zero-order chi connectivity index (χ0) is 41.9. The number of aromatic nitrogens is 6. The highest BCUT2D eigenvalue weighted by molar-refractivity contribution is 5.87. The maximum atomic E-state index is 13.2. The van der Waals surface area contributed by atoms with E-state index in [-0.39, 0.29) is 25.7 Å². The summed E-state index contributed by atoms with van der Waals surface area (Å²) in [5, 5.41) is 3.47. The summed E-state index contributed by atoms with van der Waals surface area (Å²) in [7, 11) is 2.06. The van der Waals surface area contributed by atoms with Crippen molar-refractivity contribution in [1.82, 2.24) is 49.9 Å². The van der Waals surface area contributed by atoms with Crippen LogP contribution in [0.4, 0.5) is 11.9 Å². The number of hydrogen-bond acceptors (Lipinski definition) is 12. The number of aryl methyl sites for hydroxylation is 4. The minimum Gasteiger partial charge on any atom is -0.338 e. The minimum atomic E-state index is -0.544. The second-order valence-electron chi connectivity index (χ2n) is 19.4. The fourth-order valence-electron chi connectivity index (χ4n) is 9.76. The summed E-state index contributed by atoms with van der Waals surface area (Å²) >= 11 is 0. The summed E-state index contributed by atoms with van der Waals surface area (Å²) in [5.74, 6) is 4.91. The summed E-state index contributed by atoms with van der Waals surface area (Å²) in [4.78, 5) is 64.4. The van der Waals surface area contributed by atoms with E-state index in [0.717, 1.165) is 80.5 Å². The van der Waals surface area contributed by atoms with Gasteiger partial charge < -0.3 is 19.6 Å². The summed E-state index contributed by atoms with van der Waals surface area (Å²) in [6.07, 6.45) is 12.3. The van der Waals surface area contributed by atoms with Crippen LogP contribution >= 0.6 is 0 Å². The number of rotatable bonds is 10. The number of likely N-dealkylation sites (N-methyl/N-ethyl adjacent to an activating group) is 1. The van der Waals surface area contributed by atoms with Gasteiger partial charge in [0.05, 0.1) is 11.1 Å². The second-order valence-corrected chi connectivity index (χ2v) is 19.4. The van der Waals surface area contributed by atoms with Gasteiger partial charge in [0.25, 0.3) is 0 Å². The first-order chi connectivity index (χ1) is 26.6. The zero-order valence-corrected chi connectivity index (χ0v) is 37.7. The highest BCUT2D eigenvalue weighted by Gasteiger charge is 2.48. The average Bonchev–Trinajstić information content (AvgIpc) is 3.12. The molecule has 0 aromatic carbocycles. The molecule has 2 aliphatic heterocycles. The van der Waals surface area contributed by atoms with E-state index in [1.165, 1.54) is 38.5 Å². The lowest BCUT2D eigenvalue weighted by Gasteiger charge is -2.54. The fraction of sp³-hybridized carbons (Fsp3) is 0.814. The van der Waals surface area contributed by atoms with Crippen molar-refractivity contribution in [1.29, 1.82) is 0 Å². The topological polar surface area (TPSA) is 140 Å². The predicted molar refractivity (Wildman–Crippen MR) is 232 cm³/mol. The Kier molecular flexibility index (Phi) is 13.9. The van der Waals surface area contributed by atoms with E-state index in [2.05, 4.69) is 84.7 Å². The van der Waals surface area contributed by atoms with Crippen molar-refractivity contribution < 1.29 is 12.4 Å². The van der Waals surface area contributed by atoms with Gasteiger partial charge in [0, 0.05) is 65.3 Å². The number of piperazine rings is 2. The van der Waals surface area contributed by atoms with Crippen molar-refractivity contribution in [2.24, 2.45) is 0 Å². The Morgan fingerprint density at radius 1 is 0.596 bits per heavy atom. The molecule has 0 spiro atoms. The van der Waals surface area contributed by atoms with E-state index >= 15 is 0 Å². The quantitative estimate of drug-likeness (QED) is 0.299. The van der Waals surface area contributed by atoms with Crippen LogP contribution in [-0.4, -0.2) is 137 Å². The predicted octanol–water partition coefficient (Wildman–Crippen LogP) is 6.07. The average molecular weight is 795 g/mol. The molecular formula is C43H78N12O2. The van der Waals surface area contributed by atoms with Gasteiger partial charge >= 0.3 is 0 Å². The molecule has 0 atom stereocenters. The molecule has 4 fully saturated rings. The molecule has 4 heterocycles. The molecule has 0 radical (unpaired) electrons. The van der Waals surface area contributed by atoms with Gasteiger partial charge in [-0.05, 0) is 116 Å². The largest absolute Gasteiger partial charge is 0.338 e. The van der Waals surface area contributed by atoms with E-state index in [9.17, 15) is 9.59 Å². The van der Waals surface area contributed by atoms with E-state index in [0.29, 0.717) is 31.7 Å². The molecule has 2 saturated carbocycles. The number of nitrogens with one attached hydrogen (secondary N) is 1. The van der Waals surface area contributed by atoms with E-state index in [1.54, 1.807) is 0 Å². The van der Waals surface area contributed by atoms with Crippen molar-refractivity contribution >= 4 is 23.7 Å². The van der Waals surface area contributed by atoms with Crippen LogP contribution in [0, 0.1) is 27.7 Å². The summed E-state index contributed by atoms with van der Waals surface area (Å²) in [5.41, 5.74) is -1.21. The number of hydrogen-bond donors (Lipinski definition) is 1. The lowest BCUT2D eigenvalue weighted by atomic mass is 9.87. The third-order valence-corrected chi connectivity index (χ3v) is 12.7. The standard InChI is InChI=1S/C22H38N6O.C21H36N6O.2H2/c1-16-23-17(2)25-20(24-16)28(18-11-9-8-10-12-18)14-13-27-15-21(3,4)26(7)22(5,6)19(27)29;1-15-22-16(2)24-19(23-15)27(17-10-8-7-9-11-17)13-12-26-14-20(3,4)25-21(5,6)18(26)28;;/h18H,8-15H2,1-7H3;17,25H,7-14H2,1-6H3;2*1H. The lowest BCUT2D eigenvalue weighted by molar-refractivity contribution is -0.157. The zero-order valence-electron chi connectivity index (χ0n) is 37.7. The van der Waals surface area contributed by atoms with Gasteiger partial charge in [0.15, 0.2) is 0 Å². The molecule has 1 N–H and O–H groups in total. The maximum absolute atomic E-state index is 13.2. The number of amides is 2. The van der Waals surface area contributed by atoms with Crippen LogP contribution < -0.4 is 15.1 Å². The summed E-state index contributed by atoms with van der Waals surface area (Å²) in [6, 6.07) is 0.877. The monoisotopic (exact) mass is 795 g/mol. The van der Waals surface area contributed by atoms with Crippen LogP contribution in [0.1, 0.15) is 146 Å². The SMILES string of the molecule is Cc1nc(C)nc(N(CCN2CC(C)(C)N(C)C(C)(C)C2=O)C2CCCCC2)n1.Cc1nc(C)nc(N(CCN2CC(C)(C)NC(C)(C)C2=O)C2CCCCC2)n1.[HH].[HH]. The van der Waals surface area contributed by atoms with Gasteiger partial charge in [-0.2, -0.15) is 19.9 Å². The molecule has 0 unspecified atom stereocenters. The Labute approximate surface area is 346 Å². The van der Waals surface area contributed by atoms with Crippen LogP contribution in [0.3, 0.4) is 0 Å². The van der Waals surface area contributed by atoms with E-state index in [1.807, 2.05) is 65.2 Å². The van der Waals surface area contributed by atoms with Crippen LogP contribution in [0.15, 0.2) is 0 Å². The molecule has 14 heteroatoms. The lowest BCUT2D eigenvalue weighted by Crippen LogP contribution is -2.70. The van der Waals surface area contributed by atoms with E-state index < -0.39 is 11.1 Å². The van der Waals surface area contributed by atoms with Gasteiger partial charge in [-0.25, -0.2) is 9.97 Å². The third kappa shape index (κ3) is 11.0. The first kappa shape index (κ1) is 44.6. The van der Waals surface area contributed by atoms with Crippen LogP contribution in [0.5, 0.6) is 0 Å². The van der Waals surface area contributed by atoms with Gasteiger partial charge in [-0.15, -0.1) is 0 Å². The molecule has 322 valence electrons. The number of nitrogens with zero attached hydrogens (tertiary/aromatic N) is 11. The molecule has 0 bridgehead atoms. The summed E-state index contributed by atoms with van der Waals surface area (Å²) < 4.78 is 0. The number of anilines is 2. The van der Waals surface area contributed by atoms with Crippen molar-refractivity contribution in [2.75, 3.05) is 56.1 Å². The Hall–Kier alpha value is -3.52. The normalized spacial score (nSPS) is 22.5. The van der Waals surface area contributed by atoms with Crippen LogP contribution in [-0.2, 0) is 9.59 Å². The summed E-state index contributed by atoms with van der Waals surface area (Å²) in [6.45, 7) is 28.8. The molecule has 2 aromatic rings. The molecular weight excluding hydrogens is 717 g/mol. The molecule has 2 aliphatic carbocycles. The van der Waals surface area contributed by atoms with Gasteiger partial charge in [-0.1, -0.05) is 38.5 Å².